The maximum absolute atomic E-state index is 9.93. The molecule has 0 saturated carbocycles. The number of rotatable bonds is 2. The third-order valence-corrected chi connectivity index (χ3v) is 3.63. The molecule has 1 fully saturated rings. The molecule has 0 aliphatic carbocycles. The van der Waals surface area contributed by atoms with Gasteiger partial charge in [-0.15, -0.1) is 0 Å². The Morgan fingerprint density at radius 3 is 3.11 bits per heavy atom. The van der Waals surface area contributed by atoms with E-state index in [0.717, 1.165) is 6.42 Å². The molecule has 0 unspecified atom stereocenters. The molecular weight excluding hydrogens is 248 g/mol. The number of anilines is 1. The van der Waals surface area contributed by atoms with Gasteiger partial charge >= 0.3 is 0 Å². The number of aliphatic imine (C=N–C) groups is 1. The van der Waals surface area contributed by atoms with Crippen molar-refractivity contribution in [2.45, 2.75) is 44.3 Å². The highest BCUT2D eigenvalue weighted by molar-refractivity contribution is 5.76. The van der Waals surface area contributed by atoms with E-state index < -0.39 is 12.2 Å². The van der Waals surface area contributed by atoms with Gasteiger partial charge in [0.15, 0.2) is 0 Å². The van der Waals surface area contributed by atoms with Crippen molar-refractivity contribution in [2.24, 2.45) is 4.99 Å². The first-order valence-electron chi connectivity index (χ1n) is 6.53. The van der Waals surface area contributed by atoms with Crippen LogP contribution in [0.4, 0.5) is 5.82 Å². The third kappa shape index (κ3) is 2.13. The van der Waals surface area contributed by atoms with Crippen LogP contribution in [0.5, 0.6) is 0 Å². The molecule has 1 aromatic rings. The molecule has 0 bridgehead atoms. The number of hydrogen-bond acceptors (Lipinski definition) is 6. The third-order valence-electron chi connectivity index (χ3n) is 3.63. The number of aliphatic hydroxyl groups is 2. The Hall–Kier alpha value is -1.44. The number of aromatic nitrogens is 2. The summed E-state index contributed by atoms with van der Waals surface area (Å²) in [6.07, 6.45) is 2.90. The molecule has 1 aromatic heterocycles. The molecular formula is C12H18N4O3. The Labute approximate surface area is 110 Å². The molecule has 3 rings (SSSR count). The second kappa shape index (κ2) is 4.92. The summed E-state index contributed by atoms with van der Waals surface area (Å²) >= 11 is 0. The first-order valence-corrected chi connectivity index (χ1v) is 6.53. The molecule has 0 radical (unpaired) electrons. The van der Waals surface area contributed by atoms with Gasteiger partial charge in [0.25, 0.3) is 0 Å². The normalized spacial score (nSPS) is 33.8. The van der Waals surface area contributed by atoms with Crippen molar-refractivity contribution < 1.29 is 14.9 Å². The van der Waals surface area contributed by atoms with Crippen LogP contribution in [0.1, 0.15) is 37.8 Å². The fraction of sp³-hybridized carbons (Fsp3) is 0.667. The van der Waals surface area contributed by atoms with E-state index in [-0.39, 0.29) is 12.3 Å². The molecule has 2 aliphatic heterocycles. The van der Waals surface area contributed by atoms with E-state index in [4.69, 9.17) is 4.74 Å². The van der Waals surface area contributed by atoms with Crippen LogP contribution in [0.2, 0.25) is 0 Å². The van der Waals surface area contributed by atoms with Gasteiger partial charge in [0.2, 0.25) is 0 Å². The predicted molar refractivity (Wildman–Crippen MR) is 69.0 cm³/mol. The SMILES string of the molecule is CC[C@H]1O[C@@H](n2cnc3c2NC=NC[C@H]3O)C[C@@H]1O. The molecule has 3 N–H and O–H groups in total. The zero-order valence-corrected chi connectivity index (χ0v) is 10.7. The van der Waals surface area contributed by atoms with Crippen LogP contribution in [0.25, 0.3) is 0 Å². The minimum atomic E-state index is -0.712. The summed E-state index contributed by atoms with van der Waals surface area (Å²) < 4.78 is 7.63. The van der Waals surface area contributed by atoms with E-state index in [1.54, 1.807) is 12.7 Å². The number of fused-ring (bicyclic) bond motifs is 1. The molecule has 3 heterocycles. The highest BCUT2D eigenvalue weighted by Crippen LogP contribution is 2.35. The molecule has 1 saturated heterocycles. The van der Waals surface area contributed by atoms with E-state index in [1.165, 1.54) is 0 Å². The molecule has 0 aromatic carbocycles. The minimum absolute atomic E-state index is 0.146. The van der Waals surface area contributed by atoms with Crippen LogP contribution in [0.15, 0.2) is 11.3 Å². The monoisotopic (exact) mass is 266 g/mol. The van der Waals surface area contributed by atoms with Gasteiger partial charge in [-0.3, -0.25) is 9.56 Å². The quantitative estimate of drug-likeness (QED) is 0.722. The van der Waals surface area contributed by atoms with E-state index in [1.807, 2.05) is 11.5 Å². The summed E-state index contributed by atoms with van der Waals surface area (Å²) in [5.41, 5.74) is 0.565. The van der Waals surface area contributed by atoms with Gasteiger partial charge in [0.1, 0.15) is 23.8 Å². The van der Waals surface area contributed by atoms with Gasteiger partial charge in [0.05, 0.1) is 31.4 Å². The summed E-state index contributed by atoms with van der Waals surface area (Å²) in [6, 6.07) is 0. The van der Waals surface area contributed by atoms with Gasteiger partial charge < -0.3 is 20.3 Å². The molecule has 0 amide bonds. The highest BCUT2D eigenvalue weighted by atomic mass is 16.5. The number of ether oxygens (including phenoxy) is 1. The van der Waals surface area contributed by atoms with Crippen molar-refractivity contribution in [3.63, 3.8) is 0 Å². The average molecular weight is 266 g/mol. The Balaban J connectivity index is 1.89. The van der Waals surface area contributed by atoms with E-state index >= 15 is 0 Å². The first kappa shape index (κ1) is 12.6. The second-order valence-corrected chi connectivity index (χ2v) is 4.88. The Morgan fingerprint density at radius 1 is 1.53 bits per heavy atom. The molecule has 7 heteroatoms. The Bertz CT molecular complexity index is 487. The van der Waals surface area contributed by atoms with E-state index in [0.29, 0.717) is 24.5 Å². The summed E-state index contributed by atoms with van der Waals surface area (Å²) in [6.45, 7) is 2.28. The number of nitrogens with one attached hydrogen (secondary N) is 1. The smallest absolute Gasteiger partial charge is 0.139 e. The van der Waals surface area contributed by atoms with Gasteiger partial charge in [-0.2, -0.15) is 0 Å². The number of hydrogen-bond donors (Lipinski definition) is 3. The largest absolute Gasteiger partial charge is 0.390 e. The Morgan fingerprint density at radius 2 is 2.37 bits per heavy atom. The first-order chi connectivity index (χ1) is 9.20. The molecule has 19 heavy (non-hydrogen) atoms. The van der Waals surface area contributed by atoms with Gasteiger partial charge in [-0.25, -0.2) is 4.98 Å². The molecule has 7 nitrogen and oxygen atoms in total. The molecule has 2 aliphatic rings. The number of aliphatic hydroxyl groups excluding tert-OH is 2. The molecule has 104 valence electrons. The maximum atomic E-state index is 9.93. The van der Waals surface area contributed by atoms with Crippen LogP contribution in [-0.4, -0.2) is 44.9 Å². The molecule has 0 spiro atoms. The summed E-state index contributed by atoms with van der Waals surface area (Å²) in [5, 5.41) is 22.9. The van der Waals surface area contributed by atoms with Gasteiger partial charge in [-0.1, -0.05) is 6.92 Å². The Kier molecular flexibility index (Phi) is 3.26. The van der Waals surface area contributed by atoms with Gasteiger partial charge in [0, 0.05) is 6.42 Å². The highest BCUT2D eigenvalue weighted by Gasteiger charge is 2.35. The summed E-state index contributed by atoms with van der Waals surface area (Å²) in [4.78, 5) is 8.25. The van der Waals surface area contributed by atoms with Crippen molar-refractivity contribution in [3.8, 4) is 0 Å². The predicted octanol–water partition coefficient (Wildman–Crippen LogP) is 0.429. The number of nitrogens with zero attached hydrogens (tertiary/aromatic N) is 3. The lowest BCUT2D eigenvalue weighted by Gasteiger charge is -2.16. The summed E-state index contributed by atoms with van der Waals surface area (Å²) in [5.74, 6) is 0.683. The van der Waals surface area contributed by atoms with Crippen LogP contribution in [0.3, 0.4) is 0 Å². The zero-order chi connectivity index (χ0) is 13.4. The van der Waals surface area contributed by atoms with Crippen molar-refractivity contribution in [1.29, 1.82) is 0 Å². The van der Waals surface area contributed by atoms with Crippen LogP contribution < -0.4 is 5.32 Å². The summed E-state index contributed by atoms with van der Waals surface area (Å²) in [7, 11) is 0. The molecule has 4 atom stereocenters. The van der Waals surface area contributed by atoms with Crippen LogP contribution in [-0.2, 0) is 4.74 Å². The zero-order valence-electron chi connectivity index (χ0n) is 10.7. The lowest BCUT2D eigenvalue weighted by atomic mass is 10.1. The fourth-order valence-corrected chi connectivity index (χ4v) is 2.59. The van der Waals surface area contributed by atoms with Crippen molar-refractivity contribution in [1.82, 2.24) is 9.55 Å². The van der Waals surface area contributed by atoms with Gasteiger partial charge in [-0.05, 0) is 6.42 Å². The topological polar surface area (TPSA) is 91.9 Å². The standard InChI is InChI=1S/C12H18N4O3/c1-2-9-7(17)3-10(19-9)16-6-15-11-8(18)4-13-5-14-12(11)16/h5-10,17-18H,2-4H2,1H3,(H,13,14)/t7-,8+,9+,10+/m0/s1. The average Bonchev–Trinajstić information content (AvgIpc) is 2.93. The van der Waals surface area contributed by atoms with Crippen molar-refractivity contribution >= 4 is 12.2 Å². The fourth-order valence-electron chi connectivity index (χ4n) is 2.59. The maximum Gasteiger partial charge on any atom is 0.139 e. The second-order valence-electron chi connectivity index (χ2n) is 4.88. The van der Waals surface area contributed by atoms with Crippen LogP contribution in [0, 0.1) is 0 Å². The van der Waals surface area contributed by atoms with Crippen LogP contribution >= 0.6 is 0 Å². The number of imidazole rings is 1. The van der Waals surface area contributed by atoms with E-state index in [2.05, 4.69) is 15.3 Å². The van der Waals surface area contributed by atoms with E-state index in [9.17, 15) is 10.2 Å². The minimum Gasteiger partial charge on any atom is -0.390 e. The lowest BCUT2D eigenvalue weighted by molar-refractivity contribution is -0.0189. The van der Waals surface area contributed by atoms with Crippen molar-refractivity contribution in [3.05, 3.63) is 12.0 Å². The van der Waals surface area contributed by atoms with Crippen molar-refractivity contribution in [2.75, 3.05) is 11.9 Å². The lowest BCUT2D eigenvalue weighted by Crippen LogP contribution is -2.19.